The van der Waals surface area contributed by atoms with Crippen LogP contribution in [-0.4, -0.2) is 55.2 Å². The number of rotatable bonds is 5. The molecule has 0 atom stereocenters. The highest BCUT2D eigenvalue weighted by Crippen LogP contribution is 2.33. The summed E-state index contributed by atoms with van der Waals surface area (Å²) in [6, 6.07) is 4.98. The van der Waals surface area contributed by atoms with Crippen molar-refractivity contribution < 1.29 is 13.9 Å². The molecule has 2 aliphatic rings. The Hall–Kier alpha value is -1.28. The maximum absolute atomic E-state index is 14.1. The van der Waals surface area contributed by atoms with Gasteiger partial charge >= 0.3 is 0 Å². The number of hydrogen-bond donors (Lipinski definition) is 0. The molecule has 0 bridgehead atoms. The van der Waals surface area contributed by atoms with Gasteiger partial charge in [-0.3, -0.25) is 14.6 Å². The number of amides is 1. The van der Waals surface area contributed by atoms with Crippen molar-refractivity contribution in [2.45, 2.75) is 32.1 Å². The third-order valence-electron chi connectivity index (χ3n) is 5.55. The highest BCUT2D eigenvalue weighted by atomic mass is 35.5. The maximum Gasteiger partial charge on any atom is 0.231 e. The molecule has 5 nitrogen and oxygen atoms in total. The maximum atomic E-state index is 14.1. The standard InChI is InChI=1S/C20H26FN3O2S.ClH/c21-16-7-4-8-17-18(16)22-20(27-17)24(10-9-23-11-13-26-14-12-23)19(25)15-5-2-1-3-6-15;/h4,7-8,15H,1-3,5-6,9-14H2;1H. The van der Waals surface area contributed by atoms with Crippen molar-refractivity contribution in [1.29, 1.82) is 0 Å². The largest absolute Gasteiger partial charge is 0.379 e. The van der Waals surface area contributed by atoms with Crippen molar-refractivity contribution in [3.63, 3.8) is 0 Å². The van der Waals surface area contributed by atoms with Crippen LogP contribution < -0.4 is 4.90 Å². The fraction of sp³-hybridized carbons (Fsp3) is 0.600. The van der Waals surface area contributed by atoms with E-state index in [-0.39, 0.29) is 30.0 Å². The summed E-state index contributed by atoms with van der Waals surface area (Å²) in [7, 11) is 0. The molecule has 0 N–H and O–H groups in total. The topological polar surface area (TPSA) is 45.7 Å². The number of halogens is 2. The van der Waals surface area contributed by atoms with Crippen LogP contribution in [0.1, 0.15) is 32.1 Å². The number of carbonyl (C=O) groups is 1. The van der Waals surface area contributed by atoms with Gasteiger partial charge in [-0.25, -0.2) is 9.37 Å². The van der Waals surface area contributed by atoms with Crippen molar-refractivity contribution in [1.82, 2.24) is 9.88 Å². The molecular formula is C20H27ClFN3O2S. The van der Waals surface area contributed by atoms with E-state index in [1.807, 2.05) is 11.0 Å². The van der Waals surface area contributed by atoms with E-state index in [4.69, 9.17) is 4.74 Å². The number of ether oxygens (including phenoxy) is 1. The Morgan fingerprint density at radius 1 is 1.25 bits per heavy atom. The van der Waals surface area contributed by atoms with Gasteiger partial charge in [0.2, 0.25) is 5.91 Å². The molecule has 0 unspecified atom stereocenters. The van der Waals surface area contributed by atoms with Gasteiger partial charge in [0.15, 0.2) is 5.13 Å². The molecule has 1 aliphatic heterocycles. The second-order valence-corrected chi connectivity index (χ2v) is 8.37. The number of aromatic nitrogens is 1. The smallest absolute Gasteiger partial charge is 0.231 e. The minimum atomic E-state index is -0.326. The van der Waals surface area contributed by atoms with Crippen LogP contribution in [0.4, 0.5) is 9.52 Å². The minimum Gasteiger partial charge on any atom is -0.379 e. The molecule has 1 aromatic heterocycles. The van der Waals surface area contributed by atoms with Crippen LogP contribution in [0.3, 0.4) is 0 Å². The SMILES string of the molecule is Cl.O=C(C1CCCCC1)N(CCN1CCOCC1)c1nc2c(F)cccc2s1. The summed E-state index contributed by atoms with van der Waals surface area (Å²) in [5, 5.41) is 0.624. The molecule has 154 valence electrons. The second-order valence-electron chi connectivity index (χ2n) is 7.36. The fourth-order valence-electron chi connectivity index (χ4n) is 3.95. The Labute approximate surface area is 175 Å². The van der Waals surface area contributed by atoms with Gasteiger partial charge in [0.05, 0.1) is 17.9 Å². The fourth-order valence-corrected chi connectivity index (χ4v) is 4.97. The lowest BCUT2D eigenvalue weighted by Crippen LogP contribution is -2.45. The molecule has 4 rings (SSSR count). The van der Waals surface area contributed by atoms with Gasteiger partial charge < -0.3 is 4.74 Å². The highest BCUT2D eigenvalue weighted by Gasteiger charge is 2.29. The zero-order valence-electron chi connectivity index (χ0n) is 15.9. The Kier molecular flexibility index (Phi) is 7.62. The van der Waals surface area contributed by atoms with E-state index in [9.17, 15) is 9.18 Å². The van der Waals surface area contributed by atoms with E-state index < -0.39 is 0 Å². The minimum absolute atomic E-state index is 0. The van der Waals surface area contributed by atoms with Gasteiger partial charge in [-0.2, -0.15) is 0 Å². The Morgan fingerprint density at radius 2 is 2.00 bits per heavy atom. The number of benzene rings is 1. The second kappa shape index (κ2) is 9.96. The molecule has 1 amide bonds. The molecule has 1 aromatic carbocycles. The molecular weight excluding hydrogens is 401 g/mol. The molecule has 0 spiro atoms. The van der Waals surface area contributed by atoms with Gasteiger partial charge in [-0.15, -0.1) is 12.4 Å². The van der Waals surface area contributed by atoms with Crippen LogP contribution in [0, 0.1) is 11.7 Å². The first-order valence-corrected chi connectivity index (χ1v) is 10.7. The van der Waals surface area contributed by atoms with Crippen molar-refractivity contribution in [2.24, 2.45) is 5.92 Å². The molecule has 1 saturated heterocycles. The number of thiazole rings is 1. The summed E-state index contributed by atoms with van der Waals surface area (Å²) in [4.78, 5) is 21.9. The summed E-state index contributed by atoms with van der Waals surface area (Å²) in [5.41, 5.74) is 0.366. The van der Waals surface area contributed by atoms with Gasteiger partial charge in [0.25, 0.3) is 0 Å². The molecule has 1 aliphatic carbocycles. The van der Waals surface area contributed by atoms with Gasteiger partial charge in [0, 0.05) is 32.1 Å². The number of fused-ring (bicyclic) bond motifs is 1. The summed E-state index contributed by atoms with van der Waals surface area (Å²) < 4.78 is 20.3. The van der Waals surface area contributed by atoms with E-state index in [2.05, 4.69) is 9.88 Å². The monoisotopic (exact) mass is 427 g/mol. The number of nitrogens with zero attached hydrogens (tertiary/aromatic N) is 3. The average Bonchev–Trinajstić information content (AvgIpc) is 3.15. The number of anilines is 1. The van der Waals surface area contributed by atoms with Crippen molar-refractivity contribution >= 4 is 45.0 Å². The molecule has 1 saturated carbocycles. The predicted octanol–water partition coefficient (Wildman–Crippen LogP) is 4.10. The Balaban J connectivity index is 0.00000225. The van der Waals surface area contributed by atoms with Crippen molar-refractivity contribution in [2.75, 3.05) is 44.3 Å². The van der Waals surface area contributed by atoms with Gasteiger partial charge in [0.1, 0.15) is 11.3 Å². The van der Waals surface area contributed by atoms with Crippen LogP contribution in [0.5, 0.6) is 0 Å². The normalized spacial score (nSPS) is 18.8. The van der Waals surface area contributed by atoms with E-state index in [1.54, 1.807) is 6.07 Å². The van der Waals surface area contributed by atoms with Crippen LogP contribution in [-0.2, 0) is 9.53 Å². The molecule has 8 heteroatoms. The van der Waals surface area contributed by atoms with E-state index in [1.165, 1.54) is 23.8 Å². The molecule has 2 heterocycles. The van der Waals surface area contributed by atoms with Gasteiger partial charge in [-0.05, 0) is 25.0 Å². The predicted molar refractivity (Wildman–Crippen MR) is 113 cm³/mol. The highest BCUT2D eigenvalue weighted by molar-refractivity contribution is 7.22. The third-order valence-corrected chi connectivity index (χ3v) is 6.60. The molecule has 0 radical (unpaired) electrons. The summed E-state index contributed by atoms with van der Waals surface area (Å²) >= 11 is 1.41. The number of para-hydroxylation sites is 1. The summed E-state index contributed by atoms with van der Waals surface area (Å²) in [6.45, 7) is 4.64. The first kappa shape index (κ1) is 21.4. The zero-order valence-corrected chi connectivity index (χ0v) is 17.6. The third kappa shape index (κ3) is 4.82. The average molecular weight is 428 g/mol. The number of hydrogen-bond acceptors (Lipinski definition) is 5. The van der Waals surface area contributed by atoms with Crippen LogP contribution >= 0.6 is 23.7 Å². The number of carbonyl (C=O) groups excluding carboxylic acids is 1. The van der Waals surface area contributed by atoms with E-state index in [0.717, 1.165) is 63.2 Å². The quantitative estimate of drug-likeness (QED) is 0.720. The summed E-state index contributed by atoms with van der Waals surface area (Å²) in [5.74, 6) is -0.101. The first-order chi connectivity index (χ1) is 13.2. The first-order valence-electron chi connectivity index (χ1n) is 9.89. The van der Waals surface area contributed by atoms with Crippen molar-refractivity contribution in [3.8, 4) is 0 Å². The summed E-state index contributed by atoms with van der Waals surface area (Å²) in [6.07, 6.45) is 5.34. The lowest BCUT2D eigenvalue weighted by Gasteiger charge is -2.31. The Morgan fingerprint density at radius 3 is 2.71 bits per heavy atom. The molecule has 2 fully saturated rings. The van der Waals surface area contributed by atoms with E-state index in [0.29, 0.717) is 17.2 Å². The van der Waals surface area contributed by atoms with Crippen LogP contribution in [0.25, 0.3) is 10.2 Å². The van der Waals surface area contributed by atoms with E-state index >= 15 is 0 Å². The van der Waals surface area contributed by atoms with Crippen molar-refractivity contribution in [3.05, 3.63) is 24.0 Å². The van der Waals surface area contributed by atoms with Crippen LogP contribution in [0.2, 0.25) is 0 Å². The lowest BCUT2D eigenvalue weighted by molar-refractivity contribution is -0.123. The Bertz CT molecular complexity index is 791. The lowest BCUT2D eigenvalue weighted by atomic mass is 9.88. The molecule has 28 heavy (non-hydrogen) atoms. The zero-order chi connectivity index (χ0) is 18.6. The van der Waals surface area contributed by atoms with Crippen LogP contribution in [0.15, 0.2) is 18.2 Å². The van der Waals surface area contributed by atoms with Gasteiger partial charge in [-0.1, -0.05) is 36.7 Å². The molecule has 2 aromatic rings. The number of morpholine rings is 1.